The van der Waals surface area contributed by atoms with Gasteiger partial charge in [-0.2, -0.15) is 0 Å². The minimum atomic E-state index is 1.08. The van der Waals surface area contributed by atoms with E-state index in [0.29, 0.717) is 0 Å². The Balaban J connectivity index is 0.814. The molecule has 0 aliphatic rings. The van der Waals surface area contributed by atoms with E-state index in [9.17, 15) is 0 Å². The molecule has 3 heteroatoms. The topological polar surface area (TPSA) is 11.4 Å². The van der Waals surface area contributed by atoms with Crippen LogP contribution in [0.1, 0.15) is 0 Å². The molecule has 3 nitrogen and oxygen atoms in total. The van der Waals surface area contributed by atoms with E-state index < -0.39 is 0 Å². The zero-order chi connectivity index (χ0) is 53.9. The minimum absolute atomic E-state index is 1.08. The van der Waals surface area contributed by atoms with Gasteiger partial charge in [-0.05, 0) is 176 Å². The van der Waals surface area contributed by atoms with E-state index >= 15 is 0 Å². The third-order valence-electron chi connectivity index (χ3n) is 15.6. The summed E-state index contributed by atoms with van der Waals surface area (Å²) >= 11 is 0. The molecule has 0 atom stereocenters. The quantitative estimate of drug-likeness (QED) is 0.114. The number of benzene rings is 13. The van der Waals surface area contributed by atoms with Crippen molar-refractivity contribution in [2.24, 2.45) is 0 Å². The van der Waals surface area contributed by atoms with Crippen LogP contribution in [-0.4, -0.2) is 4.57 Å². The molecule has 0 N–H and O–H groups in total. The van der Waals surface area contributed by atoms with E-state index in [1.165, 1.54) is 66.3 Å². The van der Waals surface area contributed by atoms with Crippen LogP contribution in [0.25, 0.3) is 94.3 Å². The highest BCUT2D eigenvalue weighted by molar-refractivity contribution is 6.11. The average molecular weight is 1030 g/mol. The van der Waals surface area contributed by atoms with E-state index in [0.717, 1.165) is 62.1 Å². The Bertz CT molecular complexity index is 3970. The molecule has 13 aromatic carbocycles. The fraction of sp³-hybridized carbons (Fsp3) is 0. The van der Waals surface area contributed by atoms with Gasteiger partial charge in [-0.25, -0.2) is 0 Å². The van der Waals surface area contributed by atoms with E-state index in [4.69, 9.17) is 0 Å². The van der Waals surface area contributed by atoms with Gasteiger partial charge in [0.05, 0.1) is 11.0 Å². The Morgan fingerprint density at radius 3 is 0.617 bits per heavy atom. The van der Waals surface area contributed by atoms with Gasteiger partial charge in [-0.15, -0.1) is 0 Å². The number of aromatic nitrogens is 1. The first-order chi connectivity index (χ1) is 40.1. The third-order valence-corrected chi connectivity index (χ3v) is 15.6. The molecular formula is C78H55N3. The highest BCUT2D eigenvalue weighted by Crippen LogP contribution is 2.42. The van der Waals surface area contributed by atoms with Crippen LogP contribution < -0.4 is 9.80 Å². The van der Waals surface area contributed by atoms with Gasteiger partial charge >= 0.3 is 0 Å². The molecule has 0 spiro atoms. The van der Waals surface area contributed by atoms with Crippen LogP contribution in [0.4, 0.5) is 34.1 Å². The number of hydrogen-bond acceptors (Lipinski definition) is 2. The van der Waals surface area contributed by atoms with E-state index in [2.05, 4.69) is 348 Å². The molecule has 0 amide bonds. The highest BCUT2D eigenvalue weighted by Gasteiger charge is 2.19. The predicted molar refractivity (Wildman–Crippen MR) is 343 cm³/mol. The van der Waals surface area contributed by atoms with Crippen molar-refractivity contribution >= 4 is 55.9 Å². The number of rotatable bonds is 13. The summed E-state index contributed by atoms with van der Waals surface area (Å²) in [6.45, 7) is 0. The standard InChI is InChI=1S/C78H55N3/c1-6-16-56(17-7-1)60-26-40-69(41-27-60)79(70-42-28-61(29-43-70)57-18-8-2-9-19-57)73-48-34-64(35-49-73)66-38-52-77-75(54-66)76-55-67(39-53-78(76)81(77)68-24-14-5-15-25-68)65-36-50-74(51-37-65)80(71-44-30-62(31-45-71)58-20-10-3-11-21-58)72-46-32-63(33-47-72)59-22-12-4-13-23-59/h1-55H. The normalized spacial score (nSPS) is 11.2. The lowest BCUT2D eigenvalue weighted by atomic mass is 9.99. The maximum Gasteiger partial charge on any atom is 0.0541 e. The monoisotopic (exact) mass is 1030 g/mol. The average Bonchev–Trinajstić information content (AvgIpc) is 3.93. The second-order valence-electron chi connectivity index (χ2n) is 20.6. The van der Waals surface area contributed by atoms with E-state index in [1.54, 1.807) is 0 Å². The lowest BCUT2D eigenvalue weighted by Gasteiger charge is -2.26. The molecule has 0 saturated carbocycles. The first-order valence-corrected chi connectivity index (χ1v) is 27.7. The largest absolute Gasteiger partial charge is 0.311 e. The van der Waals surface area contributed by atoms with Crippen LogP contribution in [-0.2, 0) is 0 Å². The van der Waals surface area contributed by atoms with Gasteiger partial charge in [-0.1, -0.05) is 224 Å². The van der Waals surface area contributed by atoms with Crippen molar-refractivity contribution in [2.45, 2.75) is 0 Å². The van der Waals surface area contributed by atoms with Crippen molar-refractivity contribution in [3.63, 3.8) is 0 Å². The highest BCUT2D eigenvalue weighted by atomic mass is 15.1. The molecule has 382 valence electrons. The number of hydrogen-bond donors (Lipinski definition) is 0. The summed E-state index contributed by atoms with van der Waals surface area (Å²) in [7, 11) is 0. The van der Waals surface area contributed by atoms with Crippen molar-refractivity contribution in [2.75, 3.05) is 9.80 Å². The van der Waals surface area contributed by atoms with Crippen molar-refractivity contribution < 1.29 is 0 Å². The summed E-state index contributed by atoms with van der Waals surface area (Å²) in [6.07, 6.45) is 0. The fourth-order valence-electron chi connectivity index (χ4n) is 11.5. The van der Waals surface area contributed by atoms with Gasteiger partial charge in [0.2, 0.25) is 0 Å². The smallest absolute Gasteiger partial charge is 0.0541 e. The van der Waals surface area contributed by atoms with Crippen LogP contribution in [0.15, 0.2) is 334 Å². The van der Waals surface area contributed by atoms with Crippen molar-refractivity contribution in [3.05, 3.63) is 334 Å². The summed E-state index contributed by atoms with van der Waals surface area (Å²) in [5.74, 6) is 0. The molecular weight excluding hydrogens is 979 g/mol. The molecule has 0 bridgehead atoms. The second kappa shape index (κ2) is 21.6. The summed E-state index contributed by atoms with van der Waals surface area (Å²) < 4.78 is 2.40. The van der Waals surface area contributed by atoms with E-state index in [1.807, 2.05) is 0 Å². The maximum atomic E-state index is 2.40. The predicted octanol–water partition coefficient (Wildman–Crippen LogP) is 21.7. The lowest BCUT2D eigenvalue weighted by Crippen LogP contribution is -2.09. The van der Waals surface area contributed by atoms with E-state index in [-0.39, 0.29) is 0 Å². The summed E-state index contributed by atoms with van der Waals surface area (Å²) in [5, 5.41) is 2.41. The first-order valence-electron chi connectivity index (χ1n) is 27.7. The van der Waals surface area contributed by atoms with Crippen LogP contribution in [0, 0.1) is 0 Å². The molecule has 0 aliphatic carbocycles. The molecule has 0 unspecified atom stereocenters. The van der Waals surface area contributed by atoms with Gasteiger partial charge in [0, 0.05) is 50.6 Å². The fourth-order valence-corrected chi connectivity index (χ4v) is 11.5. The number of fused-ring (bicyclic) bond motifs is 3. The number of anilines is 6. The molecule has 0 aliphatic heterocycles. The Morgan fingerprint density at radius 2 is 0.370 bits per heavy atom. The molecule has 0 radical (unpaired) electrons. The second-order valence-corrected chi connectivity index (χ2v) is 20.6. The zero-order valence-corrected chi connectivity index (χ0v) is 44.6. The minimum Gasteiger partial charge on any atom is -0.311 e. The molecule has 14 aromatic rings. The van der Waals surface area contributed by atoms with Crippen molar-refractivity contribution in [1.29, 1.82) is 0 Å². The molecule has 81 heavy (non-hydrogen) atoms. The SMILES string of the molecule is c1ccc(-c2ccc(N(c3ccc(-c4ccccc4)cc3)c3ccc(-c4ccc5c(c4)c4cc(-c6ccc(N(c7ccc(-c8ccccc8)cc7)c7ccc(-c8ccccc8)cc7)cc6)ccc4n5-c4ccccc4)cc3)cc2)cc1. The first kappa shape index (κ1) is 48.6. The van der Waals surface area contributed by atoms with Crippen LogP contribution in [0.3, 0.4) is 0 Å². The molecule has 0 fully saturated rings. The van der Waals surface area contributed by atoms with Crippen LogP contribution in [0.5, 0.6) is 0 Å². The van der Waals surface area contributed by atoms with Crippen LogP contribution in [0.2, 0.25) is 0 Å². The van der Waals surface area contributed by atoms with Gasteiger partial charge in [0.1, 0.15) is 0 Å². The Morgan fingerprint density at radius 1 is 0.173 bits per heavy atom. The van der Waals surface area contributed by atoms with Gasteiger partial charge in [0.25, 0.3) is 0 Å². The van der Waals surface area contributed by atoms with Crippen molar-refractivity contribution in [3.8, 4) is 72.4 Å². The Hall–Kier alpha value is -10.7. The molecule has 14 rings (SSSR count). The number of nitrogens with zero attached hydrogens (tertiary/aromatic N) is 3. The van der Waals surface area contributed by atoms with Gasteiger partial charge in [-0.3, -0.25) is 0 Å². The third kappa shape index (κ3) is 9.75. The van der Waals surface area contributed by atoms with Gasteiger partial charge in [0.15, 0.2) is 0 Å². The molecule has 0 saturated heterocycles. The van der Waals surface area contributed by atoms with Crippen LogP contribution >= 0.6 is 0 Å². The van der Waals surface area contributed by atoms with Crippen molar-refractivity contribution in [1.82, 2.24) is 4.57 Å². The number of para-hydroxylation sites is 1. The maximum absolute atomic E-state index is 2.40. The summed E-state index contributed by atoms with van der Waals surface area (Å²) in [5.41, 5.74) is 24.2. The Kier molecular flexibility index (Phi) is 13.0. The molecule has 1 aromatic heterocycles. The summed E-state index contributed by atoms with van der Waals surface area (Å²) in [4.78, 5) is 4.70. The van der Waals surface area contributed by atoms with Gasteiger partial charge < -0.3 is 14.4 Å². The molecule has 1 heterocycles. The zero-order valence-electron chi connectivity index (χ0n) is 44.6. The lowest BCUT2D eigenvalue weighted by molar-refractivity contribution is 1.18. The Labute approximate surface area is 473 Å². The summed E-state index contributed by atoms with van der Waals surface area (Å²) in [6, 6.07) is 121.